The minimum Gasteiger partial charge on any atom is -0.495 e. The number of anilines is 1. The van der Waals surface area contributed by atoms with E-state index in [9.17, 15) is 14.0 Å². The van der Waals surface area contributed by atoms with Crippen LogP contribution in [0.15, 0.2) is 71.5 Å². The number of aromatic nitrogens is 3. The summed E-state index contributed by atoms with van der Waals surface area (Å²) in [6, 6.07) is 17.6. The number of carbonyl (C=O) groups excluding carboxylic acids is 1. The van der Waals surface area contributed by atoms with Gasteiger partial charge in [-0.1, -0.05) is 29.8 Å². The van der Waals surface area contributed by atoms with Crippen LogP contribution in [0.1, 0.15) is 10.5 Å². The first-order valence-corrected chi connectivity index (χ1v) is 10.7. The van der Waals surface area contributed by atoms with Crippen LogP contribution in [0, 0.1) is 5.82 Å². The summed E-state index contributed by atoms with van der Waals surface area (Å²) in [5.41, 5.74) is 1.49. The number of nitrogens with one attached hydrogen (secondary N) is 1. The van der Waals surface area contributed by atoms with Gasteiger partial charge in [-0.3, -0.25) is 9.59 Å². The normalized spacial score (nSPS) is 11.2. The van der Waals surface area contributed by atoms with Gasteiger partial charge in [-0.2, -0.15) is 9.78 Å². The molecule has 5 aromatic rings. The summed E-state index contributed by atoms with van der Waals surface area (Å²) in [7, 11) is 3.25. The topological polar surface area (TPSA) is 78.2 Å². The maximum atomic E-state index is 13.6. The number of hydrogen-bond acceptors (Lipinski definition) is 4. The molecule has 3 aromatic carbocycles. The molecule has 1 amide bonds. The number of amides is 1. The number of methoxy groups -OCH3 is 1. The first-order chi connectivity index (χ1) is 16.4. The Morgan fingerprint density at radius 1 is 1.09 bits per heavy atom. The maximum Gasteiger partial charge on any atom is 0.296 e. The molecular weight excluding hydrogens is 459 g/mol. The Labute approximate surface area is 197 Å². The second kappa shape index (κ2) is 8.31. The van der Waals surface area contributed by atoms with E-state index in [-0.39, 0.29) is 5.69 Å². The van der Waals surface area contributed by atoms with Crippen LogP contribution in [0.2, 0.25) is 5.02 Å². The zero-order valence-corrected chi connectivity index (χ0v) is 18.9. The van der Waals surface area contributed by atoms with Gasteiger partial charge < -0.3 is 14.6 Å². The highest BCUT2D eigenvalue weighted by molar-refractivity contribution is 6.32. The SMILES string of the molecule is COc1ccc(-n2nc(C(=O)Nc3ccc(F)cc3)c3c4ccccc4n(C)c3c2=O)cc1Cl. The van der Waals surface area contributed by atoms with Gasteiger partial charge in [0.25, 0.3) is 11.5 Å². The quantitative estimate of drug-likeness (QED) is 0.399. The molecule has 0 saturated heterocycles. The van der Waals surface area contributed by atoms with E-state index in [1.165, 1.54) is 31.4 Å². The third kappa shape index (κ3) is 3.48. The van der Waals surface area contributed by atoms with E-state index in [0.29, 0.717) is 38.4 Å². The molecular formula is C25H18ClFN4O3. The fraction of sp³-hybridized carbons (Fsp3) is 0.0800. The zero-order chi connectivity index (χ0) is 24.0. The Morgan fingerprint density at radius 3 is 2.53 bits per heavy atom. The number of aryl methyl sites for hydroxylation is 1. The second-order valence-electron chi connectivity index (χ2n) is 7.65. The van der Waals surface area contributed by atoms with Crippen LogP contribution < -0.4 is 15.6 Å². The predicted molar refractivity (Wildman–Crippen MR) is 130 cm³/mol. The van der Waals surface area contributed by atoms with Crippen LogP contribution in [0.25, 0.3) is 27.5 Å². The molecule has 2 heterocycles. The summed E-state index contributed by atoms with van der Waals surface area (Å²) in [6.45, 7) is 0. The number of nitrogens with zero attached hydrogens (tertiary/aromatic N) is 3. The highest BCUT2D eigenvalue weighted by Gasteiger charge is 2.24. The van der Waals surface area contributed by atoms with Gasteiger partial charge >= 0.3 is 0 Å². The Balaban J connectivity index is 1.79. The Kier molecular flexibility index (Phi) is 5.30. The molecule has 0 radical (unpaired) electrons. The van der Waals surface area contributed by atoms with Gasteiger partial charge in [-0.25, -0.2) is 4.39 Å². The molecule has 7 nitrogen and oxygen atoms in total. The molecule has 0 bridgehead atoms. The molecule has 5 rings (SSSR count). The average Bonchev–Trinajstić information content (AvgIpc) is 3.14. The first kappa shape index (κ1) is 21.7. The summed E-state index contributed by atoms with van der Waals surface area (Å²) in [5.74, 6) is -0.516. The number of carbonyl (C=O) groups is 1. The molecule has 0 unspecified atom stereocenters. The highest BCUT2D eigenvalue weighted by atomic mass is 35.5. The minimum atomic E-state index is -0.540. The van der Waals surface area contributed by atoms with Crippen LogP contribution in [0.3, 0.4) is 0 Å². The number of rotatable bonds is 4. The molecule has 0 spiro atoms. The van der Waals surface area contributed by atoms with Crippen LogP contribution in [-0.4, -0.2) is 27.4 Å². The smallest absolute Gasteiger partial charge is 0.296 e. The lowest BCUT2D eigenvalue weighted by Gasteiger charge is -2.12. The van der Waals surface area contributed by atoms with Crippen LogP contribution >= 0.6 is 11.6 Å². The molecule has 2 aromatic heterocycles. The van der Waals surface area contributed by atoms with Crippen LogP contribution in [0.4, 0.5) is 10.1 Å². The number of para-hydroxylation sites is 1. The molecule has 0 aliphatic carbocycles. The van der Waals surface area contributed by atoms with Gasteiger partial charge in [0.2, 0.25) is 0 Å². The molecule has 0 aliphatic rings. The number of halogens is 2. The van der Waals surface area contributed by atoms with E-state index in [4.69, 9.17) is 16.3 Å². The molecule has 0 saturated carbocycles. The van der Waals surface area contributed by atoms with E-state index in [0.717, 1.165) is 10.2 Å². The molecule has 34 heavy (non-hydrogen) atoms. The minimum absolute atomic E-state index is 0.0441. The Hall–Kier alpha value is -4.17. The number of benzene rings is 3. The summed E-state index contributed by atoms with van der Waals surface area (Å²) in [6.07, 6.45) is 0. The molecule has 0 aliphatic heterocycles. The van der Waals surface area contributed by atoms with Gasteiger partial charge in [0.1, 0.15) is 17.1 Å². The molecule has 9 heteroatoms. The lowest BCUT2D eigenvalue weighted by atomic mass is 10.1. The number of ether oxygens (including phenoxy) is 1. The van der Waals surface area contributed by atoms with Crippen molar-refractivity contribution in [3.8, 4) is 11.4 Å². The van der Waals surface area contributed by atoms with E-state index < -0.39 is 17.3 Å². The van der Waals surface area contributed by atoms with Crippen molar-refractivity contribution in [3.63, 3.8) is 0 Å². The van der Waals surface area contributed by atoms with E-state index in [1.54, 1.807) is 29.8 Å². The highest BCUT2D eigenvalue weighted by Crippen LogP contribution is 2.30. The van der Waals surface area contributed by atoms with Crippen molar-refractivity contribution in [2.45, 2.75) is 0 Å². The molecule has 0 fully saturated rings. The van der Waals surface area contributed by atoms with Crippen LogP contribution in [0.5, 0.6) is 5.75 Å². The summed E-state index contributed by atoms with van der Waals surface area (Å²) in [5, 5.41) is 8.63. The van der Waals surface area contributed by atoms with Crippen LogP contribution in [-0.2, 0) is 7.05 Å². The van der Waals surface area contributed by atoms with E-state index in [1.807, 2.05) is 24.3 Å². The fourth-order valence-electron chi connectivity index (χ4n) is 4.02. The van der Waals surface area contributed by atoms with Crippen molar-refractivity contribution in [2.24, 2.45) is 7.05 Å². The van der Waals surface area contributed by atoms with Crippen molar-refractivity contribution in [3.05, 3.63) is 93.6 Å². The van der Waals surface area contributed by atoms with E-state index in [2.05, 4.69) is 10.4 Å². The third-order valence-corrected chi connectivity index (χ3v) is 5.93. The second-order valence-corrected chi connectivity index (χ2v) is 8.05. The maximum absolute atomic E-state index is 13.6. The largest absolute Gasteiger partial charge is 0.495 e. The molecule has 170 valence electrons. The predicted octanol–water partition coefficient (Wildman–Crippen LogP) is 4.93. The zero-order valence-electron chi connectivity index (χ0n) is 18.2. The van der Waals surface area contributed by atoms with Gasteiger partial charge in [-0.15, -0.1) is 0 Å². The first-order valence-electron chi connectivity index (χ1n) is 10.3. The average molecular weight is 477 g/mol. The van der Waals surface area contributed by atoms with Gasteiger partial charge in [-0.05, 0) is 48.5 Å². The lowest BCUT2D eigenvalue weighted by Crippen LogP contribution is -2.27. The summed E-state index contributed by atoms with van der Waals surface area (Å²) >= 11 is 6.28. The third-order valence-electron chi connectivity index (χ3n) is 5.64. The number of fused-ring (bicyclic) bond motifs is 3. The van der Waals surface area contributed by atoms with E-state index >= 15 is 0 Å². The summed E-state index contributed by atoms with van der Waals surface area (Å²) < 4.78 is 21.4. The van der Waals surface area contributed by atoms with Crippen molar-refractivity contribution in [2.75, 3.05) is 12.4 Å². The molecule has 0 atom stereocenters. The lowest BCUT2D eigenvalue weighted by molar-refractivity contribution is 0.102. The fourth-order valence-corrected chi connectivity index (χ4v) is 4.28. The van der Waals surface area contributed by atoms with Crippen molar-refractivity contribution in [1.29, 1.82) is 0 Å². The van der Waals surface area contributed by atoms with Gasteiger partial charge in [0.05, 0.1) is 17.8 Å². The standard InChI is InChI=1S/C25H18ClFN4O3/c1-30-19-6-4-3-5-17(19)21-22(24(32)28-15-9-7-14(27)8-10-15)29-31(25(33)23(21)30)16-11-12-20(34-2)18(26)13-16/h3-13H,1-2H3,(H,28,32). The monoisotopic (exact) mass is 476 g/mol. The van der Waals surface area contributed by atoms with Gasteiger partial charge in [0, 0.05) is 29.0 Å². The van der Waals surface area contributed by atoms with Crippen molar-refractivity contribution < 1.29 is 13.9 Å². The summed E-state index contributed by atoms with van der Waals surface area (Å²) in [4.78, 5) is 27.0. The number of hydrogen-bond donors (Lipinski definition) is 1. The Bertz CT molecular complexity index is 1640. The van der Waals surface area contributed by atoms with Crippen molar-refractivity contribution >= 4 is 45.0 Å². The molecule has 1 N–H and O–H groups in total. The van der Waals surface area contributed by atoms with Gasteiger partial charge in [0.15, 0.2) is 5.69 Å². The van der Waals surface area contributed by atoms with Crippen molar-refractivity contribution in [1.82, 2.24) is 14.3 Å². The Morgan fingerprint density at radius 2 is 1.82 bits per heavy atom.